The molecule has 28 heavy (non-hydrogen) atoms. The average molecular weight is 389 g/mol. The highest BCUT2D eigenvalue weighted by Gasteiger charge is 2.32. The molecule has 0 amide bonds. The van der Waals surface area contributed by atoms with Crippen LogP contribution in [-0.4, -0.2) is 21.9 Å². The minimum Gasteiger partial charge on any atom is -0.481 e. The third-order valence-corrected chi connectivity index (χ3v) is 4.77. The van der Waals surface area contributed by atoms with Gasteiger partial charge in [0.15, 0.2) is 0 Å². The van der Waals surface area contributed by atoms with Crippen molar-refractivity contribution in [2.75, 3.05) is 7.11 Å². The van der Waals surface area contributed by atoms with E-state index >= 15 is 0 Å². The van der Waals surface area contributed by atoms with Gasteiger partial charge in [0.1, 0.15) is 5.69 Å². The Balaban J connectivity index is 1.82. The van der Waals surface area contributed by atoms with Crippen molar-refractivity contribution in [3.05, 3.63) is 71.7 Å². The summed E-state index contributed by atoms with van der Waals surface area (Å²) >= 11 is 0. The molecule has 0 spiro atoms. The van der Waals surface area contributed by atoms with Crippen LogP contribution in [0.15, 0.2) is 54.7 Å². The third kappa shape index (κ3) is 4.35. The van der Waals surface area contributed by atoms with E-state index in [4.69, 9.17) is 4.74 Å². The molecule has 0 bridgehead atoms. The van der Waals surface area contributed by atoms with E-state index in [0.717, 1.165) is 24.4 Å². The van der Waals surface area contributed by atoms with Gasteiger partial charge in [-0.2, -0.15) is 23.0 Å². The molecule has 0 aliphatic carbocycles. The van der Waals surface area contributed by atoms with Gasteiger partial charge in [0, 0.05) is 12.0 Å². The van der Waals surface area contributed by atoms with Crippen molar-refractivity contribution in [3.8, 4) is 11.6 Å². The molecule has 3 rings (SSSR count). The summed E-state index contributed by atoms with van der Waals surface area (Å²) in [7, 11) is 1.51. The van der Waals surface area contributed by atoms with Crippen LogP contribution in [0.5, 0.6) is 5.88 Å². The Labute approximate surface area is 162 Å². The maximum absolute atomic E-state index is 12.7. The van der Waals surface area contributed by atoms with E-state index in [0.29, 0.717) is 17.5 Å². The van der Waals surface area contributed by atoms with Crippen LogP contribution in [0.1, 0.15) is 49.1 Å². The third-order valence-electron chi connectivity index (χ3n) is 4.77. The van der Waals surface area contributed by atoms with Crippen molar-refractivity contribution in [1.29, 1.82) is 0 Å². The summed E-state index contributed by atoms with van der Waals surface area (Å²) in [4.78, 5) is 3.50. The minimum atomic E-state index is -4.47. The Morgan fingerprint density at radius 1 is 1.04 bits per heavy atom. The molecule has 0 N–H and O–H groups in total. The molecule has 1 aromatic carbocycles. The molecule has 2 atom stereocenters. The lowest BCUT2D eigenvalue weighted by atomic mass is 9.90. The zero-order valence-electron chi connectivity index (χ0n) is 15.9. The summed E-state index contributed by atoms with van der Waals surface area (Å²) < 4.78 is 45.0. The molecule has 0 radical (unpaired) electrons. The van der Waals surface area contributed by atoms with Gasteiger partial charge < -0.3 is 4.74 Å². The van der Waals surface area contributed by atoms with Gasteiger partial charge in [-0.15, -0.1) is 0 Å². The first-order valence-corrected chi connectivity index (χ1v) is 9.02. The Morgan fingerprint density at radius 3 is 2.32 bits per heavy atom. The van der Waals surface area contributed by atoms with Gasteiger partial charge in [-0.05, 0) is 30.0 Å². The van der Waals surface area contributed by atoms with Crippen LogP contribution in [0.25, 0.3) is 5.69 Å². The first-order valence-electron chi connectivity index (χ1n) is 9.02. The van der Waals surface area contributed by atoms with Crippen molar-refractivity contribution in [3.63, 3.8) is 0 Å². The van der Waals surface area contributed by atoms with Crippen LogP contribution in [0.4, 0.5) is 13.2 Å². The molecular formula is C21H22F3N3O. The van der Waals surface area contributed by atoms with Gasteiger partial charge in [0.05, 0.1) is 24.7 Å². The number of rotatable bonds is 6. The predicted molar refractivity (Wildman–Crippen MR) is 101 cm³/mol. The predicted octanol–water partition coefficient (Wildman–Crippen LogP) is 5.59. The molecule has 1 unspecified atom stereocenters. The summed E-state index contributed by atoms with van der Waals surface area (Å²) in [6.45, 7) is 4.25. The van der Waals surface area contributed by atoms with Crippen molar-refractivity contribution >= 4 is 0 Å². The number of alkyl halides is 3. The maximum Gasteiger partial charge on any atom is 0.433 e. The summed E-state index contributed by atoms with van der Waals surface area (Å²) in [5, 5.41) is 4.56. The molecule has 0 saturated heterocycles. The fourth-order valence-corrected chi connectivity index (χ4v) is 3.20. The van der Waals surface area contributed by atoms with Crippen molar-refractivity contribution in [2.45, 2.75) is 38.3 Å². The molecule has 4 nitrogen and oxygen atoms in total. The Kier molecular flexibility index (Phi) is 5.72. The second-order valence-corrected chi connectivity index (χ2v) is 6.87. The van der Waals surface area contributed by atoms with Gasteiger partial charge in [0.2, 0.25) is 5.88 Å². The highest BCUT2D eigenvalue weighted by Crippen LogP contribution is 2.32. The molecular weight excluding hydrogens is 367 g/mol. The lowest BCUT2D eigenvalue weighted by Crippen LogP contribution is -2.09. The molecule has 2 heterocycles. The molecule has 3 aromatic rings. The highest BCUT2D eigenvalue weighted by atomic mass is 19.4. The number of benzene rings is 1. The minimum absolute atomic E-state index is 0.146. The lowest BCUT2D eigenvalue weighted by Gasteiger charge is -2.16. The van der Waals surface area contributed by atoms with Gasteiger partial charge in [-0.3, -0.25) is 0 Å². The van der Waals surface area contributed by atoms with Crippen LogP contribution in [-0.2, 0) is 6.18 Å². The number of ether oxygens (including phenoxy) is 1. The number of methoxy groups -OCH3 is 1. The smallest absolute Gasteiger partial charge is 0.433 e. The van der Waals surface area contributed by atoms with Gasteiger partial charge in [-0.25, -0.2) is 4.98 Å². The van der Waals surface area contributed by atoms with Crippen LogP contribution >= 0.6 is 0 Å². The molecule has 0 aliphatic heterocycles. The van der Waals surface area contributed by atoms with E-state index in [1.165, 1.54) is 23.4 Å². The number of aromatic nitrogens is 3. The quantitative estimate of drug-likeness (QED) is 0.552. The molecule has 2 aromatic heterocycles. The first-order chi connectivity index (χ1) is 13.3. The molecule has 0 aliphatic rings. The maximum atomic E-state index is 12.7. The van der Waals surface area contributed by atoms with Gasteiger partial charge in [0.25, 0.3) is 0 Å². The second kappa shape index (κ2) is 8.04. The monoisotopic (exact) mass is 389 g/mol. The zero-order valence-corrected chi connectivity index (χ0v) is 15.9. The lowest BCUT2D eigenvalue weighted by molar-refractivity contribution is -0.141. The zero-order chi connectivity index (χ0) is 20.3. The molecule has 148 valence electrons. The van der Waals surface area contributed by atoms with Gasteiger partial charge in [-0.1, -0.05) is 44.2 Å². The van der Waals surface area contributed by atoms with Crippen LogP contribution in [0.2, 0.25) is 0 Å². The van der Waals surface area contributed by atoms with Crippen LogP contribution in [0, 0.1) is 0 Å². The van der Waals surface area contributed by atoms with E-state index in [1.54, 1.807) is 0 Å². The Morgan fingerprint density at radius 2 is 1.75 bits per heavy atom. The number of halogens is 3. The van der Waals surface area contributed by atoms with E-state index in [1.807, 2.05) is 24.3 Å². The van der Waals surface area contributed by atoms with Gasteiger partial charge >= 0.3 is 6.18 Å². The topological polar surface area (TPSA) is 39.9 Å². The summed E-state index contributed by atoms with van der Waals surface area (Å²) in [6, 6.07) is 14.3. The Hall–Kier alpha value is -2.83. The van der Waals surface area contributed by atoms with E-state index < -0.39 is 11.9 Å². The standard InChI is InChI=1S/C21H22F3N3O/c1-14(16-7-5-4-6-8-16)11-15(2)18-12-20(28-3)27(26-18)17-9-10-19(25-13-17)21(22,23)24/h4-10,12-15H,11H2,1-3H3/t14-,15?/m0/s1. The highest BCUT2D eigenvalue weighted by molar-refractivity contribution is 5.35. The summed E-state index contributed by atoms with van der Waals surface area (Å²) in [5.41, 5.74) is 1.55. The average Bonchev–Trinajstić information content (AvgIpc) is 3.12. The van der Waals surface area contributed by atoms with E-state index in [9.17, 15) is 13.2 Å². The number of pyridine rings is 1. The number of hydrogen-bond acceptors (Lipinski definition) is 3. The van der Waals surface area contributed by atoms with Crippen molar-refractivity contribution in [1.82, 2.24) is 14.8 Å². The summed E-state index contributed by atoms with van der Waals surface area (Å²) in [6.07, 6.45) is -2.44. The fraction of sp³-hybridized carbons (Fsp3) is 0.333. The fourth-order valence-electron chi connectivity index (χ4n) is 3.20. The summed E-state index contributed by atoms with van der Waals surface area (Å²) in [5.74, 6) is 0.948. The normalized spacial score (nSPS) is 13.9. The van der Waals surface area contributed by atoms with Crippen molar-refractivity contribution in [2.24, 2.45) is 0 Å². The molecule has 7 heteroatoms. The van der Waals surface area contributed by atoms with E-state index in [-0.39, 0.29) is 5.92 Å². The largest absolute Gasteiger partial charge is 0.481 e. The van der Waals surface area contributed by atoms with E-state index in [2.05, 4.69) is 36.1 Å². The number of nitrogens with zero attached hydrogens (tertiary/aromatic N) is 3. The SMILES string of the molecule is COc1cc(C(C)C[C@H](C)c2ccccc2)nn1-c1ccc(C(F)(F)F)nc1. The molecule has 0 fully saturated rings. The second-order valence-electron chi connectivity index (χ2n) is 6.87. The number of hydrogen-bond donors (Lipinski definition) is 0. The van der Waals surface area contributed by atoms with Crippen LogP contribution < -0.4 is 4.74 Å². The first kappa shape index (κ1) is 19.9. The van der Waals surface area contributed by atoms with Crippen LogP contribution in [0.3, 0.4) is 0 Å². The Bertz CT molecular complexity index is 905. The van der Waals surface area contributed by atoms with Crippen molar-refractivity contribution < 1.29 is 17.9 Å². The molecule has 0 saturated carbocycles.